The van der Waals surface area contributed by atoms with Gasteiger partial charge in [0.25, 0.3) is 0 Å². The van der Waals surface area contributed by atoms with E-state index in [2.05, 4.69) is 0 Å². The number of hydrogen-bond donors (Lipinski definition) is 0. The van der Waals surface area contributed by atoms with Crippen molar-refractivity contribution in [3.63, 3.8) is 0 Å². The van der Waals surface area contributed by atoms with Crippen molar-refractivity contribution in [2.24, 2.45) is 5.41 Å². The normalized spacial score (nSPS) is 10.0. The molecule has 0 rings (SSSR count). The van der Waals surface area contributed by atoms with Crippen LogP contribution in [0.5, 0.6) is 0 Å². The van der Waals surface area contributed by atoms with Crippen molar-refractivity contribution >= 4 is 5.78 Å². The van der Waals surface area contributed by atoms with Gasteiger partial charge in [0, 0.05) is 31.6 Å². The van der Waals surface area contributed by atoms with E-state index >= 15 is 0 Å². The van der Waals surface area contributed by atoms with Crippen LogP contribution in [-0.4, -0.2) is 5.78 Å². The topological polar surface area (TPSA) is 17.1 Å². The van der Waals surface area contributed by atoms with Crippen LogP contribution in [0.2, 0.25) is 0 Å². The standard InChI is InChI=1S/C6H12O.Zr/c1-5(7)6(2,3)4;/h1-4H3;. The van der Waals surface area contributed by atoms with Gasteiger partial charge in [0.05, 0.1) is 0 Å². The Hall–Kier alpha value is 0.553. The Labute approximate surface area is 70.0 Å². The molecule has 0 aliphatic heterocycles. The largest absolute Gasteiger partial charge is 0.299 e. The van der Waals surface area contributed by atoms with Crippen molar-refractivity contribution in [2.75, 3.05) is 0 Å². The maximum absolute atomic E-state index is 10.5. The molecule has 0 bridgehead atoms. The molecule has 0 aromatic carbocycles. The molecule has 0 radical (unpaired) electrons. The number of ketones is 1. The Kier molecular flexibility index (Phi) is 5.05. The second kappa shape index (κ2) is 3.55. The molecule has 0 aromatic rings. The molecule has 0 saturated carbocycles. The van der Waals surface area contributed by atoms with E-state index < -0.39 is 0 Å². The van der Waals surface area contributed by atoms with Crippen molar-refractivity contribution in [2.45, 2.75) is 27.7 Å². The third kappa shape index (κ3) is 4.71. The molecule has 0 fully saturated rings. The third-order valence-corrected chi connectivity index (χ3v) is 1.06. The van der Waals surface area contributed by atoms with Gasteiger partial charge in [0.1, 0.15) is 5.78 Å². The third-order valence-electron chi connectivity index (χ3n) is 1.06. The fraction of sp³-hybridized carbons (Fsp3) is 0.833. The van der Waals surface area contributed by atoms with E-state index in [1.54, 1.807) is 6.92 Å². The number of carbonyl (C=O) groups is 1. The summed E-state index contributed by atoms with van der Waals surface area (Å²) in [7, 11) is 0. The van der Waals surface area contributed by atoms with Crippen molar-refractivity contribution < 1.29 is 31.0 Å². The second-order valence-electron chi connectivity index (χ2n) is 2.81. The van der Waals surface area contributed by atoms with Gasteiger partial charge in [0.15, 0.2) is 0 Å². The van der Waals surface area contributed by atoms with Crippen LogP contribution < -0.4 is 0 Å². The van der Waals surface area contributed by atoms with Gasteiger partial charge < -0.3 is 0 Å². The summed E-state index contributed by atoms with van der Waals surface area (Å²) in [5, 5.41) is 0. The minimum Gasteiger partial charge on any atom is -0.299 e. The molecule has 0 saturated heterocycles. The van der Waals surface area contributed by atoms with Crippen LogP contribution in [0.25, 0.3) is 0 Å². The Bertz CT molecular complexity index is 81.0. The molecule has 0 aliphatic rings. The Balaban J connectivity index is 0. The van der Waals surface area contributed by atoms with Crippen LogP contribution in [0.15, 0.2) is 0 Å². The van der Waals surface area contributed by atoms with E-state index in [4.69, 9.17) is 0 Å². The first-order valence-electron chi connectivity index (χ1n) is 2.45. The van der Waals surface area contributed by atoms with Gasteiger partial charge in [0.2, 0.25) is 0 Å². The maximum Gasteiger partial charge on any atom is 0.135 e. The Morgan fingerprint density at radius 3 is 1.38 bits per heavy atom. The summed E-state index contributed by atoms with van der Waals surface area (Å²) in [6.45, 7) is 7.35. The minimum absolute atomic E-state index is 0. The molecular weight excluding hydrogens is 179 g/mol. The summed E-state index contributed by atoms with van der Waals surface area (Å²) in [6, 6.07) is 0. The van der Waals surface area contributed by atoms with E-state index in [9.17, 15) is 4.79 Å². The zero-order valence-electron chi connectivity index (χ0n) is 5.91. The van der Waals surface area contributed by atoms with E-state index in [0.717, 1.165) is 0 Å². The average molecular weight is 191 g/mol. The van der Waals surface area contributed by atoms with Crippen LogP contribution >= 0.6 is 0 Å². The number of rotatable bonds is 0. The van der Waals surface area contributed by atoms with Crippen molar-refractivity contribution in [1.82, 2.24) is 0 Å². The van der Waals surface area contributed by atoms with Gasteiger partial charge in [-0.3, -0.25) is 4.79 Å². The van der Waals surface area contributed by atoms with Crippen molar-refractivity contribution in [1.29, 1.82) is 0 Å². The zero-order valence-corrected chi connectivity index (χ0v) is 8.37. The molecule has 0 unspecified atom stereocenters. The summed E-state index contributed by atoms with van der Waals surface area (Å²) in [4.78, 5) is 10.5. The Morgan fingerprint density at radius 2 is 1.38 bits per heavy atom. The fourth-order valence-electron chi connectivity index (χ4n) is 0. The van der Waals surface area contributed by atoms with Crippen LogP contribution in [0.4, 0.5) is 0 Å². The average Bonchev–Trinajstić information content (AvgIpc) is 1.31. The van der Waals surface area contributed by atoms with Crippen LogP contribution in [-0.2, 0) is 31.0 Å². The SMILES string of the molecule is CC(=O)C(C)(C)C.[Zr]. The van der Waals surface area contributed by atoms with Crippen LogP contribution in [0, 0.1) is 5.41 Å². The molecule has 0 heterocycles. The first-order chi connectivity index (χ1) is 2.94. The van der Waals surface area contributed by atoms with Crippen molar-refractivity contribution in [3.05, 3.63) is 0 Å². The van der Waals surface area contributed by atoms with Gasteiger partial charge in [-0.15, -0.1) is 0 Å². The summed E-state index contributed by atoms with van der Waals surface area (Å²) in [5.74, 6) is 0.243. The first-order valence-corrected chi connectivity index (χ1v) is 2.45. The Morgan fingerprint density at radius 1 is 1.25 bits per heavy atom. The molecule has 46 valence electrons. The second-order valence-corrected chi connectivity index (χ2v) is 2.81. The van der Waals surface area contributed by atoms with Gasteiger partial charge in [-0.25, -0.2) is 0 Å². The molecule has 0 N–H and O–H groups in total. The van der Waals surface area contributed by atoms with E-state index in [1.807, 2.05) is 20.8 Å². The van der Waals surface area contributed by atoms with Crippen LogP contribution in [0.1, 0.15) is 27.7 Å². The smallest absolute Gasteiger partial charge is 0.135 e. The predicted octanol–water partition coefficient (Wildman–Crippen LogP) is 1.62. The van der Waals surface area contributed by atoms with E-state index in [0.29, 0.717) is 0 Å². The molecule has 8 heavy (non-hydrogen) atoms. The van der Waals surface area contributed by atoms with Crippen LogP contribution in [0.3, 0.4) is 0 Å². The molecular formula is C6H12OZr. The number of hydrogen-bond acceptors (Lipinski definition) is 1. The van der Waals surface area contributed by atoms with Gasteiger partial charge in [-0.1, -0.05) is 20.8 Å². The molecule has 0 atom stereocenters. The summed E-state index contributed by atoms with van der Waals surface area (Å²) < 4.78 is 0. The monoisotopic (exact) mass is 190 g/mol. The van der Waals surface area contributed by atoms with E-state index in [1.165, 1.54) is 0 Å². The quantitative estimate of drug-likeness (QED) is 0.569. The zero-order chi connectivity index (χ0) is 6.08. The number of Topliss-reactive ketones (excluding diaryl/α,β-unsaturated/α-hetero) is 1. The molecule has 0 aromatic heterocycles. The van der Waals surface area contributed by atoms with Crippen molar-refractivity contribution in [3.8, 4) is 0 Å². The molecule has 1 nitrogen and oxygen atoms in total. The molecule has 0 aliphatic carbocycles. The van der Waals surface area contributed by atoms with Gasteiger partial charge >= 0.3 is 0 Å². The summed E-state index contributed by atoms with van der Waals surface area (Å²) in [6.07, 6.45) is 0. The van der Waals surface area contributed by atoms with Gasteiger partial charge in [-0.2, -0.15) is 0 Å². The maximum atomic E-state index is 10.5. The predicted molar refractivity (Wildman–Crippen MR) is 30.1 cm³/mol. The molecule has 2 heteroatoms. The van der Waals surface area contributed by atoms with Gasteiger partial charge in [-0.05, 0) is 6.92 Å². The fourth-order valence-corrected chi connectivity index (χ4v) is 0. The summed E-state index contributed by atoms with van der Waals surface area (Å²) >= 11 is 0. The first kappa shape index (κ1) is 11.4. The molecule has 0 spiro atoms. The summed E-state index contributed by atoms with van der Waals surface area (Å²) in [5.41, 5.74) is -0.139. The molecule has 0 amide bonds. The number of carbonyl (C=O) groups excluding carboxylic acids is 1. The van der Waals surface area contributed by atoms with E-state index in [-0.39, 0.29) is 37.4 Å². The minimum atomic E-state index is -0.139.